The molecule has 0 fully saturated rings. The molecule has 2 rings (SSSR count). The molecule has 92 valence electrons. The van der Waals surface area contributed by atoms with Gasteiger partial charge in [0, 0.05) is 5.56 Å². The number of hydrogen-bond acceptors (Lipinski definition) is 3. The van der Waals surface area contributed by atoms with Gasteiger partial charge in [0.2, 0.25) is 0 Å². The molecule has 18 heavy (non-hydrogen) atoms. The Kier molecular flexibility index (Phi) is 3.36. The number of hydrogen-bond donors (Lipinski definition) is 2. The Balaban J connectivity index is 2.42. The number of rotatable bonds is 3. The molecule has 0 aliphatic carbocycles. The maximum atomic E-state index is 10.8. The van der Waals surface area contributed by atoms with Crippen LogP contribution in [0.4, 0.5) is 0 Å². The molecule has 1 aromatic carbocycles. The predicted molar refractivity (Wildman–Crippen MR) is 68.7 cm³/mol. The summed E-state index contributed by atoms with van der Waals surface area (Å²) in [5, 5.41) is 17.6. The van der Waals surface area contributed by atoms with E-state index in [1.165, 1.54) is 18.2 Å². The minimum absolute atomic E-state index is 0.150. The van der Waals surface area contributed by atoms with Crippen molar-refractivity contribution < 1.29 is 19.8 Å². The summed E-state index contributed by atoms with van der Waals surface area (Å²) < 4.78 is 0.371. The van der Waals surface area contributed by atoms with E-state index >= 15 is 0 Å². The minimum Gasteiger partial charge on any atom is -0.478 e. The van der Waals surface area contributed by atoms with E-state index in [-0.39, 0.29) is 10.4 Å². The fourth-order valence-electron chi connectivity index (χ4n) is 1.46. The molecule has 0 saturated heterocycles. The lowest BCUT2D eigenvalue weighted by atomic mass is 10.1. The number of benzene rings is 1. The lowest BCUT2D eigenvalue weighted by molar-refractivity contribution is 0.0688. The van der Waals surface area contributed by atoms with Crippen molar-refractivity contribution in [3.8, 4) is 11.1 Å². The van der Waals surface area contributed by atoms with Crippen LogP contribution in [0, 0.1) is 0 Å². The Bertz CT molecular complexity index is 616. The van der Waals surface area contributed by atoms with Crippen LogP contribution in [0.1, 0.15) is 20.0 Å². The first-order valence-electron chi connectivity index (χ1n) is 4.85. The second-order valence-corrected chi connectivity index (χ2v) is 5.14. The second-order valence-electron chi connectivity index (χ2n) is 3.49. The number of thiophene rings is 1. The summed E-state index contributed by atoms with van der Waals surface area (Å²) in [7, 11) is 0. The first-order chi connectivity index (χ1) is 8.49. The molecular weight excluding hydrogens is 276 g/mol. The Labute approximate surface area is 111 Å². The molecule has 0 aliphatic rings. The number of carbonyl (C=O) groups is 2. The number of carboxylic acid groups (broad SMARTS) is 2. The van der Waals surface area contributed by atoms with Gasteiger partial charge in [-0.15, -0.1) is 11.3 Å². The van der Waals surface area contributed by atoms with Gasteiger partial charge in [-0.1, -0.05) is 23.7 Å². The van der Waals surface area contributed by atoms with Gasteiger partial charge in [-0.05, 0) is 23.8 Å². The molecular formula is C12H7ClO4S. The molecule has 0 spiro atoms. The van der Waals surface area contributed by atoms with Gasteiger partial charge in [-0.2, -0.15) is 0 Å². The normalized spacial score (nSPS) is 10.3. The van der Waals surface area contributed by atoms with Gasteiger partial charge in [0.25, 0.3) is 0 Å². The van der Waals surface area contributed by atoms with Gasteiger partial charge in [-0.25, -0.2) is 9.59 Å². The summed E-state index contributed by atoms with van der Waals surface area (Å²) in [6, 6.07) is 7.58. The van der Waals surface area contributed by atoms with E-state index in [9.17, 15) is 9.59 Å². The fraction of sp³-hybridized carbons (Fsp3) is 0. The van der Waals surface area contributed by atoms with Crippen LogP contribution in [0.3, 0.4) is 0 Å². The number of carboxylic acids is 2. The molecule has 0 atom stereocenters. The molecule has 0 aliphatic heterocycles. The lowest BCUT2D eigenvalue weighted by Crippen LogP contribution is -1.94. The Morgan fingerprint density at radius 2 is 1.67 bits per heavy atom. The molecule has 6 heteroatoms. The summed E-state index contributed by atoms with van der Waals surface area (Å²) in [5.41, 5.74) is 1.45. The van der Waals surface area contributed by atoms with Crippen LogP contribution in [-0.2, 0) is 0 Å². The first kappa shape index (κ1) is 12.6. The monoisotopic (exact) mass is 282 g/mol. The third kappa shape index (κ3) is 2.37. The van der Waals surface area contributed by atoms with Gasteiger partial charge >= 0.3 is 11.9 Å². The van der Waals surface area contributed by atoms with Crippen molar-refractivity contribution in [2.24, 2.45) is 0 Å². The zero-order valence-electron chi connectivity index (χ0n) is 8.88. The highest BCUT2D eigenvalue weighted by Gasteiger charge is 2.14. The van der Waals surface area contributed by atoms with Gasteiger partial charge in [0.15, 0.2) is 0 Å². The van der Waals surface area contributed by atoms with Crippen LogP contribution in [0.2, 0.25) is 4.34 Å². The summed E-state index contributed by atoms with van der Waals surface area (Å²) in [5.74, 6) is -2.04. The molecule has 1 aromatic heterocycles. The van der Waals surface area contributed by atoms with Crippen LogP contribution in [0.15, 0.2) is 30.3 Å². The highest BCUT2D eigenvalue weighted by Crippen LogP contribution is 2.35. The molecule has 0 saturated carbocycles. The highest BCUT2D eigenvalue weighted by molar-refractivity contribution is 7.18. The fourth-order valence-corrected chi connectivity index (χ4v) is 2.62. The largest absolute Gasteiger partial charge is 0.478 e. The van der Waals surface area contributed by atoms with Crippen LogP contribution in [0.25, 0.3) is 11.1 Å². The second kappa shape index (κ2) is 4.80. The maximum absolute atomic E-state index is 10.8. The number of halogens is 1. The van der Waals surface area contributed by atoms with E-state index in [1.54, 1.807) is 12.1 Å². The summed E-state index contributed by atoms with van der Waals surface area (Å²) in [6.07, 6.45) is 0. The van der Waals surface area contributed by atoms with Crippen LogP contribution >= 0.6 is 22.9 Å². The summed E-state index contributed by atoms with van der Waals surface area (Å²) >= 11 is 6.94. The van der Waals surface area contributed by atoms with E-state index < -0.39 is 11.9 Å². The lowest BCUT2D eigenvalue weighted by Gasteiger charge is -1.99. The van der Waals surface area contributed by atoms with Crippen molar-refractivity contribution >= 4 is 34.9 Å². The van der Waals surface area contributed by atoms with Gasteiger partial charge in [0.05, 0.1) is 5.56 Å². The van der Waals surface area contributed by atoms with Crippen molar-refractivity contribution in [2.75, 3.05) is 0 Å². The van der Waals surface area contributed by atoms with E-state index in [4.69, 9.17) is 21.8 Å². The standard InChI is InChI=1S/C12H7ClO4S/c13-10-8(5-9(18-10)12(16)17)6-1-3-7(4-2-6)11(14)15/h1-5H,(H,14,15)(H,16,17). The summed E-state index contributed by atoms with van der Waals surface area (Å²) in [6.45, 7) is 0. The van der Waals surface area contributed by atoms with E-state index in [0.29, 0.717) is 15.5 Å². The third-order valence-electron chi connectivity index (χ3n) is 2.34. The van der Waals surface area contributed by atoms with E-state index in [1.807, 2.05) is 0 Å². The molecule has 2 N–H and O–H groups in total. The van der Waals surface area contributed by atoms with Crippen LogP contribution in [0.5, 0.6) is 0 Å². The zero-order chi connectivity index (χ0) is 13.3. The molecule has 1 heterocycles. The predicted octanol–water partition coefficient (Wildman–Crippen LogP) is 3.46. The Morgan fingerprint density at radius 3 is 2.11 bits per heavy atom. The summed E-state index contributed by atoms with van der Waals surface area (Å²) in [4.78, 5) is 21.7. The van der Waals surface area contributed by atoms with Gasteiger partial charge in [-0.3, -0.25) is 0 Å². The average Bonchev–Trinajstić information content (AvgIpc) is 2.71. The molecule has 2 aromatic rings. The van der Waals surface area contributed by atoms with E-state index in [0.717, 1.165) is 11.3 Å². The smallest absolute Gasteiger partial charge is 0.345 e. The van der Waals surface area contributed by atoms with Gasteiger partial charge < -0.3 is 10.2 Å². The molecule has 0 bridgehead atoms. The highest BCUT2D eigenvalue weighted by atomic mass is 35.5. The van der Waals surface area contributed by atoms with Crippen LogP contribution < -0.4 is 0 Å². The minimum atomic E-state index is -1.03. The topological polar surface area (TPSA) is 74.6 Å². The van der Waals surface area contributed by atoms with Crippen molar-refractivity contribution in [2.45, 2.75) is 0 Å². The van der Waals surface area contributed by atoms with Crippen molar-refractivity contribution in [1.29, 1.82) is 0 Å². The molecule has 0 amide bonds. The van der Waals surface area contributed by atoms with E-state index in [2.05, 4.69) is 0 Å². The van der Waals surface area contributed by atoms with Gasteiger partial charge in [0.1, 0.15) is 9.21 Å². The van der Waals surface area contributed by atoms with Crippen LogP contribution in [-0.4, -0.2) is 22.2 Å². The first-order valence-corrected chi connectivity index (χ1v) is 6.05. The molecule has 0 unspecified atom stereocenters. The van der Waals surface area contributed by atoms with Crippen molar-refractivity contribution in [3.05, 3.63) is 45.1 Å². The maximum Gasteiger partial charge on any atom is 0.345 e. The SMILES string of the molecule is O=C(O)c1ccc(-c2cc(C(=O)O)sc2Cl)cc1. The Hall–Kier alpha value is -1.85. The Morgan fingerprint density at radius 1 is 1.06 bits per heavy atom. The average molecular weight is 283 g/mol. The number of aromatic carboxylic acids is 2. The quantitative estimate of drug-likeness (QED) is 0.904. The molecule has 4 nitrogen and oxygen atoms in total. The van der Waals surface area contributed by atoms with Crippen molar-refractivity contribution in [1.82, 2.24) is 0 Å². The zero-order valence-corrected chi connectivity index (χ0v) is 10.5. The molecule has 0 radical (unpaired) electrons. The third-order valence-corrected chi connectivity index (χ3v) is 3.69. The van der Waals surface area contributed by atoms with Crippen molar-refractivity contribution in [3.63, 3.8) is 0 Å².